The summed E-state index contributed by atoms with van der Waals surface area (Å²) in [5.74, 6) is -0.762. The molecule has 0 radical (unpaired) electrons. The fraction of sp³-hybridized carbons (Fsp3) is 0.500. The van der Waals surface area contributed by atoms with Gasteiger partial charge in [-0.1, -0.05) is 11.6 Å². The zero-order valence-corrected chi connectivity index (χ0v) is 15.2. The minimum Gasteiger partial charge on any atom is -0.376 e. The summed E-state index contributed by atoms with van der Waals surface area (Å²) in [4.78, 5) is 25.0. The summed E-state index contributed by atoms with van der Waals surface area (Å²) in [7, 11) is 1.44. The van der Waals surface area contributed by atoms with Crippen molar-refractivity contribution in [2.24, 2.45) is 0 Å². The summed E-state index contributed by atoms with van der Waals surface area (Å²) < 4.78 is 38.4. The van der Waals surface area contributed by atoms with Crippen LogP contribution in [0.25, 0.3) is 0 Å². The lowest BCUT2D eigenvalue weighted by molar-refractivity contribution is -0.137. The molecule has 1 aromatic carbocycles. The number of rotatable bonds is 5. The molecule has 0 fully saturated rings. The Kier molecular flexibility index (Phi) is 6.70. The van der Waals surface area contributed by atoms with Crippen molar-refractivity contribution in [3.8, 4) is 0 Å². The van der Waals surface area contributed by atoms with Crippen LogP contribution in [0.15, 0.2) is 18.2 Å². The first-order chi connectivity index (χ1) is 11.3. The lowest BCUT2D eigenvalue weighted by atomic mass is 10.1. The van der Waals surface area contributed by atoms with Gasteiger partial charge in [-0.15, -0.1) is 0 Å². The van der Waals surface area contributed by atoms with Crippen molar-refractivity contribution in [2.75, 3.05) is 25.5 Å². The number of carbonyl (C=O) groups excluding carboxylic acids is 2. The number of likely N-dealkylation sites (N-methyl/N-ethyl adjacent to an activating group) is 1. The van der Waals surface area contributed by atoms with Crippen LogP contribution < -0.4 is 10.6 Å². The monoisotopic (exact) mass is 379 g/mol. The highest BCUT2D eigenvalue weighted by atomic mass is 35.5. The number of carbonyl (C=O) groups is 2. The van der Waals surface area contributed by atoms with E-state index in [0.29, 0.717) is 0 Å². The van der Waals surface area contributed by atoms with Gasteiger partial charge in [0, 0.05) is 18.3 Å². The lowest BCUT2D eigenvalue weighted by Gasteiger charge is -2.23. The third kappa shape index (κ3) is 7.21. The normalized spacial score (nSPS) is 11.8. The van der Waals surface area contributed by atoms with Gasteiger partial charge in [-0.3, -0.25) is 9.59 Å². The molecule has 0 saturated carbocycles. The van der Waals surface area contributed by atoms with Crippen LogP contribution in [-0.4, -0.2) is 42.4 Å². The number of alkyl halides is 3. The number of halogens is 4. The van der Waals surface area contributed by atoms with Crippen LogP contribution >= 0.6 is 11.6 Å². The number of anilines is 1. The molecule has 9 heteroatoms. The SMILES string of the molecule is CN(CC(=O)NC(C)(C)C)C(=O)CNc1ccc(Cl)c(C(F)(F)F)c1. The average molecular weight is 380 g/mol. The van der Waals surface area contributed by atoms with Crippen LogP contribution in [0.2, 0.25) is 5.02 Å². The molecule has 1 rings (SSSR count). The number of nitrogens with zero attached hydrogens (tertiary/aromatic N) is 1. The standard InChI is InChI=1S/C16H21ClF3N3O2/c1-15(2,3)22-13(24)9-23(4)14(25)8-21-10-5-6-12(17)11(7-10)16(18,19)20/h5-7,21H,8-9H2,1-4H3,(H,22,24). The van der Waals surface area contributed by atoms with Crippen molar-refractivity contribution in [3.05, 3.63) is 28.8 Å². The Morgan fingerprint density at radius 3 is 2.32 bits per heavy atom. The molecule has 5 nitrogen and oxygen atoms in total. The second-order valence-corrected chi connectivity index (χ2v) is 7.00. The first kappa shape index (κ1) is 21.1. The van der Waals surface area contributed by atoms with E-state index in [2.05, 4.69) is 10.6 Å². The maximum atomic E-state index is 12.8. The van der Waals surface area contributed by atoms with Gasteiger partial charge in [-0.25, -0.2) is 0 Å². The van der Waals surface area contributed by atoms with E-state index in [1.54, 1.807) is 0 Å². The van der Waals surface area contributed by atoms with E-state index in [9.17, 15) is 22.8 Å². The zero-order chi connectivity index (χ0) is 19.4. The van der Waals surface area contributed by atoms with E-state index in [0.717, 1.165) is 12.1 Å². The first-order valence-corrected chi connectivity index (χ1v) is 7.83. The van der Waals surface area contributed by atoms with E-state index >= 15 is 0 Å². The van der Waals surface area contributed by atoms with E-state index in [4.69, 9.17) is 11.6 Å². The minimum absolute atomic E-state index is 0.109. The molecule has 0 unspecified atom stereocenters. The summed E-state index contributed by atoms with van der Waals surface area (Å²) >= 11 is 5.54. The van der Waals surface area contributed by atoms with Crippen molar-refractivity contribution < 1.29 is 22.8 Å². The topological polar surface area (TPSA) is 61.4 Å². The first-order valence-electron chi connectivity index (χ1n) is 7.45. The third-order valence-corrected chi connectivity index (χ3v) is 3.37. The van der Waals surface area contributed by atoms with Crippen molar-refractivity contribution in [1.29, 1.82) is 0 Å². The smallest absolute Gasteiger partial charge is 0.376 e. The highest BCUT2D eigenvalue weighted by Gasteiger charge is 2.33. The van der Waals surface area contributed by atoms with E-state index in [1.807, 2.05) is 20.8 Å². The number of benzene rings is 1. The Morgan fingerprint density at radius 1 is 1.20 bits per heavy atom. The van der Waals surface area contributed by atoms with Gasteiger partial charge in [-0.05, 0) is 39.0 Å². The van der Waals surface area contributed by atoms with E-state index in [-0.39, 0.29) is 24.7 Å². The maximum Gasteiger partial charge on any atom is 0.417 e. The Balaban J connectivity index is 2.63. The van der Waals surface area contributed by atoms with Crippen molar-refractivity contribution in [1.82, 2.24) is 10.2 Å². The number of amides is 2. The third-order valence-electron chi connectivity index (χ3n) is 3.04. The summed E-state index contributed by atoms with van der Waals surface area (Å²) in [5.41, 5.74) is -1.29. The number of hydrogen-bond donors (Lipinski definition) is 2. The van der Waals surface area contributed by atoms with Crippen molar-refractivity contribution in [3.63, 3.8) is 0 Å². The van der Waals surface area contributed by atoms with Gasteiger partial charge in [0.2, 0.25) is 11.8 Å². The fourth-order valence-corrected chi connectivity index (χ4v) is 2.15. The van der Waals surface area contributed by atoms with Gasteiger partial charge in [0.15, 0.2) is 0 Å². The quantitative estimate of drug-likeness (QED) is 0.826. The van der Waals surface area contributed by atoms with Gasteiger partial charge in [-0.2, -0.15) is 13.2 Å². The summed E-state index contributed by atoms with van der Waals surface area (Å²) in [6.07, 6.45) is -4.58. The molecule has 1 aromatic rings. The van der Waals surface area contributed by atoms with Crippen LogP contribution in [-0.2, 0) is 15.8 Å². The Labute approximate surface area is 149 Å². The highest BCUT2D eigenvalue weighted by molar-refractivity contribution is 6.31. The maximum absolute atomic E-state index is 12.8. The molecule has 0 atom stereocenters. The molecule has 25 heavy (non-hydrogen) atoms. The van der Waals surface area contributed by atoms with Crippen LogP contribution in [0.5, 0.6) is 0 Å². The molecular weight excluding hydrogens is 359 g/mol. The second-order valence-electron chi connectivity index (χ2n) is 6.59. The van der Waals surface area contributed by atoms with Gasteiger partial charge in [0.25, 0.3) is 0 Å². The average Bonchev–Trinajstić information content (AvgIpc) is 2.42. The summed E-state index contributed by atoms with van der Waals surface area (Å²) in [5, 5.41) is 4.90. The van der Waals surface area contributed by atoms with E-state index < -0.39 is 28.2 Å². The van der Waals surface area contributed by atoms with Gasteiger partial charge in [0.1, 0.15) is 0 Å². The second kappa shape index (κ2) is 7.95. The van der Waals surface area contributed by atoms with Crippen molar-refractivity contribution >= 4 is 29.1 Å². The number of hydrogen-bond acceptors (Lipinski definition) is 3. The molecule has 2 N–H and O–H groups in total. The Morgan fingerprint density at radius 2 is 1.80 bits per heavy atom. The minimum atomic E-state index is -4.58. The molecule has 2 amide bonds. The molecule has 0 saturated heterocycles. The number of nitrogens with one attached hydrogen (secondary N) is 2. The van der Waals surface area contributed by atoms with Crippen molar-refractivity contribution in [2.45, 2.75) is 32.5 Å². The molecular formula is C16H21ClF3N3O2. The molecule has 0 aromatic heterocycles. The largest absolute Gasteiger partial charge is 0.417 e. The summed E-state index contributed by atoms with van der Waals surface area (Å²) in [6.45, 7) is 5.04. The fourth-order valence-electron chi connectivity index (χ4n) is 1.93. The molecule has 0 aliphatic carbocycles. The lowest BCUT2D eigenvalue weighted by Crippen LogP contribution is -2.47. The zero-order valence-electron chi connectivity index (χ0n) is 14.4. The molecule has 0 heterocycles. The molecule has 0 spiro atoms. The Hall–Kier alpha value is -1.96. The van der Waals surface area contributed by atoms with E-state index in [1.165, 1.54) is 18.0 Å². The predicted octanol–water partition coefficient (Wildman–Crippen LogP) is 3.14. The van der Waals surface area contributed by atoms with Crippen LogP contribution in [0.1, 0.15) is 26.3 Å². The Bertz CT molecular complexity index is 642. The van der Waals surface area contributed by atoms with Gasteiger partial charge >= 0.3 is 6.18 Å². The predicted molar refractivity (Wildman–Crippen MR) is 90.5 cm³/mol. The van der Waals surface area contributed by atoms with Crippen LogP contribution in [0.3, 0.4) is 0 Å². The molecule has 0 bridgehead atoms. The van der Waals surface area contributed by atoms with Gasteiger partial charge in [0.05, 0.1) is 23.7 Å². The summed E-state index contributed by atoms with van der Waals surface area (Å²) in [6, 6.07) is 3.29. The highest BCUT2D eigenvalue weighted by Crippen LogP contribution is 2.36. The van der Waals surface area contributed by atoms with Crippen LogP contribution in [0.4, 0.5) is 18.9 Å². The van der Waals surface area contributed by atoms with Gasteiger partial charge < -0.3 is 15.5 Å². The molecule has 140 valence electrons. The molecule has 0 aliphatic heterocycles. The molecule has 0 aliphatic rings. The van der Waals surface area contributed by atoms with Crippen LogP contribution in [0, 0.1) is 0 Å².